The minimum atomic E-state index is -0.828. The standard InChI is InChI=1S/C13H18O3/c1-3-4-7-16-12-6-5-10(2)8-11(12)9-13(14)15/h5-6,8H,3-4,7,9H2,1-2H3,(H,14,15). The lowest BCUT2D eigenvalue weighted by molar-refractivity contribution is -0.136. The van der Waals surface area contributed by atoms with E-state index in [0.29, 0.717) is 12.4 Å². The van der Waals surface area contributed by atoms with Gasteiger partial charge in [0.05, 0.1) is 13.0 Å². The largest absolute Gasteiger partial charge is 0.493 e. The summed E-state index contributed by atoms with van der Waals surface area (Å²) >= 11 is 0. The van der Waals surface area contributed by atoms with Crippen molar-refractivity contribution in [2.75, 3.05) is 6.61 Å². The molecule has 1 rings (SSSR count). The van der Waals surface area contributed by atoms with Gasteiger partial charge in [-0.1, -0.05) is 31.0 Å². The van der Waals surface area contributed by atoms with Crippen LogP contribution in [0, 0.1) is 6.92 Å². The first-order valence-corrected chi connectivity index (χ1v) is 5.57. The first-order valence-electron chi connectivity index (χ1n) is 5.57. The molecule has 0 aromatic heterocycles. The Morgan fingerprint density at radius 1 is 1.44 bits per heavy atom. The SMILES string of the molecule is CCCCOc1ccc(C)cc1CC(=O)O. The molecule has 0 aliphatic rings. The second kappa shape index (κ2) is 6.16. The predicted octanol–water partition coefficient (Wildman–Crippen LogP) is 2.80. The van der Waals surface area contributed by atoms with Crippen molar-refractivity contribution in [1.82, 2.24) is 0 Å². The first kappa shape index (κ1) is 12.6. The zero-order valence-electron chi connectivity index (χ0n) is 9.82. The normalized spacial score (nSPS) is 10.1. The Balaban J connectivity index is 2.76. The fourth-order valence-electron chi connectivity index (χ4n) is 1.48. The number of carboxylic acids is 1. The number of benzene rings is 1. The molecule has 1 aromatic carbocycles. The molecule has 88 valence electrons. The zero-order valence-corrected chi connectivity index (χ0v) is 9.82. The van der Waals surface area contributed by atoms with Gasteiger partial charge in [0.1, 0.15) is 5.75 Å². The summed E-state index contributed by atoms with van der Waals surface area (Å²) in [5, 5.41) is 8.80. The van der Waals surface area contributed by atoms with Gasteiger partial charge < -0.3 is 9.84 Å². The van der Waals surface area contributed by atoms with Crippen molar-refractivity contribution in [2.24, 2.45) is 0 Å². The molecular formula is C13H18O3. The van der Waals surface area contributed by atoms with E-state index < -0.39 is 5.97 Å². The molecule has 0 unspecified atom stereocenters. The smallest absolute Gasteiger partial charge is 0.307 e. The highest BCUT2D eigenvalue weighted by Gasteiger charge is 2.08. The van der Waals surface area contributed by atoms with Gasteiger partial charge in [0.2, 0.25) is 0 Å². The Hall–Kier alpha value is -1.51. The van der Waals surface area contributed by atoms with Crippen LogP contribution in [0.5, 0.6) is 5.75 Å². The van der Waals surface area contributed by atoms with E-state index in [0.717, 1.165) is 24.0 Å². The second-order valence-corrected chi connectivity index (χ2v) is 3.88. The number of hydrogen-bond acceptors (Lipinski definition) is 2. The van der Waals surface area contributed by atoms with Gasteiger partial charge in [0, 0.05) is 5.56 Å². The van der Waals surface area contributed by atoms with Crippen LogP contribution in [0.1, 0.15) is 30.9 Å². The summed E-state index contributed by atoms with van der Waals surface area (Å²) in [6.07, 6.45) is 2.07. The highest BCUT2D eigenvalue weighted by molar-refractivity contribution is 5.71. The highest BCUT2D eigenvalue weighted by atomic mass is 16.5. The molecule has 1 aromatic rings. The van der Waals surface area contributed by atoms with Crippen molar-refractivity contribution in [3.63, 3.8) is 0 Å². The Bertz CT molecular complexity index is 358. The topological polar surface area (TPSA) is 46.5 Å². The molecule has 0 fully saturated rings. The molecule has 0 heterocycles. The summed E-state index contributed by atoms with van der Waals surface area (Å²) in [5.74, 6) is -0.132. The van der Waals surface area contributed by atoms with Crippen LogP contribution in [-0.4, -0.2) is 17.7 Å². The maximum absolute atomic E-state index is 10.7. The molecule has 0 amide bonds. The van der Waals surface area contributed by atoms with E-state index in [1.165, 1.54) is 0 Å². The van der Waals surface area contributed by atoms with Crippen molar-refractivity contribution in [2.45, 2.75) is 33.1 Å². The molecular weight excluding hydrogens is 204 g/mol. The van der Waals surface area contributed by atoms with Crippen LogP contribution in [0.3, 0.4) is 0 Å². The van der Waals surface area contributed by atoms with Crippen LogP contribution in [0.25, 0.3) is 0 Å². The third-order valence-electron chi connectivity index (χ3n) is 2.31. The maximum Gasteiger partial charge on any atom is 0.307 e. The summed E-state index contributed by atoms with van der Waals surface area (Å²) in [7, 11) is 0. The number of ether oxygens (including phenoxy) is 1. The van der Waals surface area contributed by atoms with Crippen LogP contribution in [0.4, 0.5) is 0 Å². The van der Waals surface area contributed by atoms with Crippen molar-refractivity contribution in [3.05, 3.63) is 29.3 Å². The average Bonchev–Trinajstić information content (AvgIpc) is 2.20. The number of hydrogen-bond donors (Lipinski definition) is 1. The van der Waals surface area contributed by atoms with E-state index in [9.17, 15) is 4.79 Å². The summed E-state index contributed by atoms with van der Waals surface area (Å²) in [5.41, 5.74) is 1.81. The van der Waals surface area contributed by atoms with Crippen LogP contribution in [0.2, 0.25) is 0 Å². The molecule has 1 N–H and O–H groups in total. The van der Waals surface area contributed by atoms with Gasteiger partial charge in [-0.15, -0.1) is 0 Å². The number of rotatable bonds is 6. The van der Waals surface area contributed by atoms with E-state index in [4.69, 9.17) is 9.84 Å². The third-order valence-corrected chi connectivity index (χ3v) is 2.31. The van der Waals surface area contributed by atoms with Crippen LogP contribution >= 0.6 is 0 Å². The fraction of sp³-hybridized carbons (Fsp3) is 0.462. The zero-order chi connectivity index (χ0) is 12.0. The number of aliphatic carboxylic acids is 1. The molecule has 0 radical (unpaired) electrons. The van der Waals surface area contributed by atoms with E-state index in [-0.39, 0.29) is 6.42 Å². The minimum Gasteiger partial charge on any atom is -0.493 e. The predicted molar refractivity (Wildman–Crippen MR) is 62.9 cm³/mol. The minimum absolute atomic E-state index is 0.0170. The van der Waals surface area contributed by atoms with Gasteiger partial charge in [-0.05, 0) is 19.4 Å². The third kappa shape index (κ3) is 3.93. The monoisotopic (exact) mass is 222 g/mol. The molecule has 0 aliphatic carbocycles. The Morgan fingerprint density at radius 2 is 2.19 bits per heavy atom. The van der Waals surface area contributed by atoms with Gasteiger partial charge in [0.15, 0.2) is 0 Å². The van der Waals surface area contributed by atoms with E-state index >= 15 is 0 Å². The summed E-state index contributed by atoms with van der Waals surface area (Å²) < 4.78 is 5.57. The molecule has 0 saturated heterocycles. The molecule has 3 nitrogen and oxygen atoms in total. The number of carboxylic acid groups (broad SMARTS) is 1. The van der Waals surface area contributed by atoms with Gasteiger partial charge in [-0.25, -0.2) is 0 Å². The van der Waals surface area contributed by atoms with Gasteiger partial charge in [0.25, 0.3) is 0 Å². The van der Waals surface area contributed by atoms with Crippen molar-refractivity contribution >= 4 is 5.97 Å². The van der Waals surface area contributed by atoms with Gasteiger partial charge >= 0.3 is 5.97 Å². The molecule has 0 aliphatic heterocycles. The lowest BCUT2D eigenvalue weighted by Crippen LogP contribution is -2.05. The molecule has 16 heavy (non-hydrogen) atoms. The second-order valence-electron chi connectivity index (χ2n) is 3.88. The van der Waals surface area contributed by atoms with E-state index in [2.05, 4.69) is 6.92 Å². The molecule has 0 saturated carbocycles. The first-order chi connectivity index (χ1) is 7.63. The molecule has 0 bridgehead atoms. The molecule has 3 heteroatoms. The lowest BCUT2D eigenvalue weighted by Gasteiger charge is -2.10. The number of carbonyl (C=O) groups is 1. The quantitative estimate of drug-likeness (QED) is 0.753. The fourth-order valence-corrected chi connectivity index (χ4v) is 1.48. The van der Waals surface area contributed by atoms with Crippen LogP contribution < -0.4 is 4.74 Å². The van der Waals surface area contributed by atoms with Crippen molar-refractivity contribution < 1.29 is 14.6 Å². The number of aryl methyl sites for hydroxylation is 1. The van der Waals surface area contributed by atoms with Crippen LogP contribution in [-0.2, 0) is 11.2 Å². The lowest BCUT2D eigenvalue weighted by atomic mass is 10.1. The summed E-state index contributed by atoms with van der Waals surface area (Å²) in [6, 6.07) is 5.66. The van der Waals surface area contributed by atoms with Gasteiger partial charge in [-0.3, -0.25) is 4.79 Å². The maximum atomic E-state index is 10.7. The van der Waals surface area contributed by atoms with Gasteiger partial charge in [-0.2, -0.15) is 0 Å². The Kier molecular flexibility index (Phi) is 4.83. The summed E-state index contributed by atoms with van der Waals surface area (Å²) in [6.45, 7) is 4.68. The Labute approximate surface area is 96.1 Å². The summed E-state index contributed by atoms with van der Waals surface area (Å²) in [4.78, 5) is 10.7. The number of unbranched alkanes of at least 4 members (excludes halogenated alkanes) is 1. The van der Waals surface area contributed by atoms with Crippen LogP contribution in [0.15, 0.2) is 18.2 Å². The van der Waals surface area contributed by atoms with Crippen molar-refractivity contribution in [3.8, 4) is 5.75 Å². The molecule has 0 spiro atoms. The molecule has 0 atom stereocenters. The van der Waals surface area contributed by atoms with Crippen molar-refractivity contribution in [1.29, 1.82) is 0 Å². The Morgan fingerprint density at radius 3 is 2.81 bits per heavy atom. The van der Waals surface area contributed by atoms with E-state index in [1.807, 2.05) is 25.1 Å². The van der Waals surface area contributed by atoms with E-state index in [1.54, 1.807) is 0 Å². The highest BCUT2D eigenvalue weighted by Crippen LogP contribution is 2.21. The average molecular weight is 222 g/mol.